The van der Waals surface area contributed by atoms with E-state index in [1.165, 1.54) is 6.20 Å². The summed E-state index contributed by atoms with van der Waals surface area (Å²) in [5.74, 6) is -0.522. The number of esters is 1. The van der Waals surface area contributed by atoms with E-state index >= 15 is 0 Å². The highest BCUT2D eigenvalue weighted by atomic mass is 35.5. The Morgan fingerprint density at radius 3 is 2.89 bits per heavy atom. The van der Waals surface area contributed by atoms with Crippen LogP contribution in [0.3, 0.4) is 0 Å². The maximum absolute atomic E-state index is 14.4. The first kappa shape index (κ1) is 24.5. The van der Waals surface area contributed by atoms with Gasteiger partial charge in [-0.05, 0) is 25.1 Å². The number of hydrogen-bond donors (Lipinski definition) is 2. The van der Waals surface area contributed by atoms with Crippen LogP contribution in [0.2, 0.25) is 5.15 Å². The Bertz CT molecular complexity index is 1440. The average Bonchev–Trinajstić information content (AvgIpc) is 3.50. The summed E-state index contributed by atoms with van der Waals surface area (Å²) < 4.78 is 21.6. The summed E-state index contributed by atoms with van der Waals surface area (Å²) in [5.41, 5.74) is 2.54. The first-order chi connectivity index (χ1) is 18.0. The first-order valence-electron chi connectivity index (χ1n) is 11.9. The van der Waals surface area contributed by atoms with Crippen molar-refractivity contribution in [1.29, 1.82) is 0 Å². The van der Waals surface area contributed by atoms with Crippen molar-refractivity contribution in [2.24, 2.45) is 0 Å². The van der Waals surface area contributed by atoms with Gasteiger partial charge in [-0.2, -0.15) is 4.98 Å². The monoisotopic (exact) mass is 521 g/mol. The SMILES string of the molecule is CCOC(=O)CCn1cc(N2C=CCC2Nc2ncc(F)c(Nc3ccc(Cl)nc3)n2)c2ccccc21. The molecule has 0 aliphatic carbocycles. The molecule has 0 bridgehead atoms. The number of nitrogens with one attached hydrogen (secondary N) is 2. The Morgan fingerprint density at radius 1 is 1.22 bits per heavy atom. The Morgan fingerprint density at radius 2 is 2.08 bits per heavy atom. The molecule has 2 N–H and O–H groups in total. The molecule has 37 heavy (non-hydrogen) atoms. The molecule has 1 aromatic carbocycles. The van der Waals surface area contributed by atoms with Crippen LogP contribution in [0, 0.1) is 5.82 Å². The minimum absolute atomic E-state index is 0.0229. The summed E-state index contributed by atoms with van der Waals surface area (Å²) in [6.45, 7) is 2.67. The van der Waals surface area contributed by atoms with Crippen molar-refractivity contribution in [3.8, 4) is 0 Å². The molecular formula is C26H25ClFN7O2. The molecule has 1 aliphatic rings. The van der Waals surface area contributed by atoms with Gasteiger partial charge in [0.05, 0.1) is 42.3 Å². The van der Waals surface area contributed by atoms with Crippen LogP contribution < -0.4 is 15.5 Å². The van der Waals surface area contributed by atoms with Crippen LogP contribution in [-0.4, -0.2) is 38.3 Å². The lowest BCUT2D eigenvalue weighted by molar-refractivity contribution is -0.143. The van der Waals surface area contributed by atoms with E-state index in [0.29, 0.717) is 30.4 Å². The van der Waals surface area contributed by atoms with Gasteiger partial charge in [0.15, 0.2) is 11.6 Å². The highest BCUT2D eigenvalue weighted by molar-refractivity contribution is 6.29. The molecule has 1 unspecified atom stereocenters. The standard InChI is InChI=1S/C26H25ClFN7O2/c1-2-37-24(36)11-13-34-16-21(18-6-3-4-7-20(18)34)35-12-5-8-23(35)32-26-30-15-19(28)25(33-26)31-17-9-10-22(27)29-14-17/h3-7,9-10,12,14-16,23H,2,8,11,13H2,1H3,(H2,30,31,32,33). The van der Waals surface area contributed by atoms with E-state index in [4.69, 9.17) is 16.3 Å². The van der Waals surface area contributed by atoms with E-state index in [1.807, 2.05) is 42.7 Å². The number of carbonyl (C=O) groups excluding carboxylic acids is 1. The number of aryl methyl sites for hydroxylation is 1. The molecule has 0 spiro atoms. The number of pyridine rings is 1. The molecule has 0 saturated heterocycles. The number of halogens is 2. The summed E-state index contributed by atoms with van der Waals surface area (Å²) in [6.07, 6.45) is 9.47. The van der Waals surface area contributed by atoms with Crippen LogP contribution in [0.25, 0.3) is 10.9 Å². The minimum atomic E-state index is -0.591. The van der Waals surface area contributed by atoms with E-state index < -0.39 is 5.82 Å². The fourth-order valence-electron chi connectivity index (χ4n) is 4.22. The van der Waals surface area contributed by atoms with Gasteiger partial charge in [-0.15, -0.1) is 0 Å². The van der Waals surface area contributed by atoms with Crippen molar-refractivity contribution >= 4 is 51.6 Å². The lowest BCUT2D eigenvalue weighted by atomic mass is 10.2. The van der Waals surface area contributed by atoms with Gasteiger partial charge in [-0.1, -0.05) is 35.9 Å². The zero-order valence-corrected chi connectivity index (χ0v) is 20.8. The molecule has 0 radical (unpaired) electrons. The van der Waals surface area contributed by atoms with Gasteiger partial charge in [0.25, 0.3) is 0 Å². The predicted octanol–water partition coefficient (Wildman–Crippen LogP) is 5.48. The second-order valence-electron chi connectivity index (χ2n) is 8.35. The number of rotatable bonds is 9. The van der Waals surface area contributed by atoms with E-state index in [9.17, 15) is 9.18 Å². The van der Waals surface area contributed by atoms with E-state index in [0.717, 1.165) is 22.8 Å². The van der Waals surface area contributed by atoms with Gasteiger partial charge < -0.3 is 24.8 Å². The summed E-state index contributed by atoms with van der Waals surface area (Å²) in [5, 5.41) is 7.60. The number of fused-ring (bicyclic) bond motifs is 1. The molecule has 4 heterocycles. The Labute approximate surface area is 217 Å². The summed E-state index contributed by atoms with van der Waals surface area (Å²) in [4.78, 5) is 26.5. The maximum Gasteiger partial charge on any atom is 0.307 e. The van der Waals surface area contributed by atoms with Crippen molar-refractivity contribution in [3.63, 3.8) is 0 Å². The van der Waals surface area contributed by atoms with E-state index in [-0.39, 0.29) is 30.3 Å². The summed E-state index contributed by atoms with van der Waals surface area (Å²) in [6, 6.07) is 11.3. The van der Waals surface area contributed by atoms with E-state index in [1.54, 1.807) is 19.1 Å². The fraction of sp³-hybridized carbons (Fsp3) is 0.231. The lowest BCUT2D eigenvalue weighted by Crippen LogP contribution is -2.34. The molecule has 3 aromatic heterocycles. The first-order valence-corrected chi connectivity index (χ1v) is 12.3. The van der Waals surface area contributed by atoms with Gasteiger partial charge in [-0.3, -0.25) is 4.79 Å². The van der Waals surface area contributed by atoms with Crippen LogP contribution in [0.4, 0.5) is 27.5 Å². The molecular weight excluding hydrogens is 497 g/mol. The molecule has 0 fully saturated rings. The molecule has 0 amide bonds. The van der Waals surface area contributed by atoms with Crippen molar-refractivity contribution in [3.05, 3.63) is 78.2 Å². The van der Waals surface area contributed by atoms with Gasteiger partial charge in [-0.25, -0.2) is 14.4 Å². The zero-order chi connectivity index (χ0) is 25.8. The van der Waals surface area contributed by atoms with Crippen molar-refractivity contribution in [2.45, 2.75) is 32.5 Å². The second-order valence-corrected chi connectivity index (χ2v) is 8.74. The number of anilines is 4. The molecule has 1 atom stereocenters. The second kappa shape index (κ2) is 10.8. The molecule has 1 aliphatic heterocycles. The molecule has 9 nitrogen and oxygen atoms in total. The van der Waals surface area contributed by atoms with E-state index in [2.05, 4.69) is 35.1 Å². The van der Waals surface area contributed by atoms with Crippen LogP contribution in [0.5, 0.6) is 0 Å². The van der Waals surface area contributed by atoms with Gasteiger partial charge >= 0.3 is 5.97 Å². The molecule has 11 heteroatoms. The molecule has 5 rings (SSSR count). The highest BCUT2D eigenvalue weighted by Gasteiger charge is 2.25. The number of nitrogens with zero attached hydrogens (tertiary/aromatic N) is 5. The lowest BCUT2D eigenvalue weighted by Gasteiger charge is -2.26. The van der Waals surface area contributed by atoms with Crippen molar-refractivity contribution < 1.29 is 13.9 Å². The number of benzene rings is 1. The minimum Gasteiger partial charge on any atom is -0.466 e. The molecule has 4 aromatic rings. The number of para-hydroxylation sites is 1. The quantitative estimate of drug-likeness (QED) is 0.221. The maximum atomic E-state index is 14.4. The predicted molar refractivity (Wildman–Crippen MR) is 141 cm³/mol. The smallest absolute Gasteiger partial charge is 0.307 e. The van der Waals surface area contributed by atoms with Crippen LogP contribution >= 0.6 is 11.6 Å². The molecule has 0 saturated carbocycles. The Kier molecular flexibility index (Phi) is 7.18. The third-order valence-electron chi connectivity index (χ3n) is 5.90. The third kappa shape index (κ3) is 5.49. The van der Waals surface area contributed by atoms with Crippen LogP contribution in [0.15, 0.2) is 67.3 Å². The fourth-order valence-corrected chi connectivity index (χ4v) is 4.33. The number of carbonyl (C=O) groups is 1. The van der Waals surface area contributed by atoms with Crippen LogP contribution in [0.1, 0.15) is 19.8 Å². The Balaban J connectivity index is 1.37. The summed E-state index contributed by atoms with van der Waals surface area (Å²) in [7, 11) is 0. The normalized spacial score (nSPS) is 14.8. The average molecular weight is 522 g/mol. The Hall–Kier alpha value is -4.18. The summed E-state index contributed by atoms with van der Waals surface area (Å²) >= 11 is 5.83. The highest BCUT2D eigenvalue weighted by Crippen LogP contribution is 2.34. The number of hydrogen-bond acceptors (Lipinski definition) is 8. The van der Waals surface area contributed by atoms with Crippen molar-refractivity contribution in [1.82, 2.24) is 19.5 Å². The third-order valence-corrected chi connectivity index (χ3v) is 6.12. The van der Waals surface area contributed by atoms with Gasteiger partial charge in [0.2, 0.25) is 5.95 Å². The van der Waals surface area contributed by atoms with Gasteiger partial charge in [0, 0.05) is 30.7 Å². The van der Waals surface area contributed by atoms with Crippen LogP contribution in [-0.2, 0) is 16.1 Å². The topological polar surface area (TPSA) is 97.2 Å². The molecule has 190 valence electrons. The largest absolute Gasteiger partial charge is 0.466 e. The zero-order valence-electron chi connectivity index (χ0n) is 20.1. The van der Waals surface area contributed by atoms with Gasteiger partial charge in [0.1, 0.15) is 11.3 Å². The number of aromatic nitrogens is 4. The van der Waals surface area contributed by atoms with Crippen molar-refractivity contribution in [2.75, 3.05) is 22.1 Å². The number of ether oxygens (including phenoxy) is 1.